The summed E-state index contributed by atoms with van der Waals surface area (Å²) in [6.07, 6.45) is 9.31. The van der Waals surface area contributed by atoms with Crippen molar-refractivity contribution in [2.75, 3.05) is 6.54 Å². The first-order chi connectivity index (χ1) is 14.9. The Morgan fingerprint density at radius 3 is 2.39 bits per heavy atom. The van der Waals surface area contributed by atoms with Crippen LogP contribution in [0.1, 0.15) is 24.1 Å². The maximum atomic E-state index is 13.2. The number of fused-ring (bicyclic) bond motifs is 5. The summed E-state index contributed by atoms with van der Waals surface area (Å²) in [5, 5.41) is 33.2. The number of carbonyl (C=O) groups excluding carboxylic acids is 2. The Hall–Kier alpha value is -3.81. The highest BCUT2D eigenvalue weighted by molar-refractivity contribution is 6.07. The molecule has 0 aromatic heterocycles. The summed E-state index contributed by atoms with van der Waals surface area (Å²) in [7, 11) is 0. The molecule has 158 valence electrons. The molecule has 3 aliphatic heterocycles. The van der Waals surface area contributed by atoms with Gasteiger partial charge in [0.15, 0.2) is 0 Å². The summed E-state index contributed by atoms with van der Waals surface area (Å²) in [4.78, 5) is 29.1. The van der Waals surface area contributed by atoms with Crippen molar-refractivity contribution in [2.24, 2.45) is 11.8 Å². The van der Waals surface area contributed by atoms with Crippen LogP contribution in [0.5, 0.6) is 0 Å². The van der Waals surface area contributed by atoms with E-state index in [9.17, 15) is 25.1 Å². The minimum atomic E-state index is -0.742. The highest BCUT2D eigenvalue weighted by Crippen LogP contribution is 2.54. The monoisotopic (exact) mass is 418 g/mol. The zero-order chi connectivity index (χ0) is 21.9. The molecule has 4 atom stereocenters. The van der Waals surface area contributed by atoms with Crippen LogP contribution in [0, 0.1) is 22.3 Å². The van der Waals surface area contributed by atoms with Crippen molar-refractivity contribution in [1.82, 2.24) is 9.80 Å². The topological polar surface area (TPSA) is 110 Å². The molecular formula is C23H20N3O5-. The van der Waals surface area contributed by atoms with Gasteiger partial charge in [0.25, 0.3) is 0 Å². The van der Waals surface area contributed by atoms with Crippen LogP contribution in [0.3, 0.4) is 0 Å². The SMILES string of the molecule is CCN1C(=O)[C@H]2[C@H](C1=O)[C@@H]1c3ccccc3C=CN1[C@@H]2C(O)=C1C=CC(=[N+]([O-])[O-])C=C1. The molecular weight excluding hydrogens is 398 g/mol. The molecule has 0 spiro atoms. The van der Waals surface area contributed by atoms with E-state index >= 15 is 0 Å². The lowest BCUT2D eigenvalue weighted by atomic mass is 9.84. The van der Waals surface area contributed by atoms with Gasteiger partial charge >= 0.3 is 0 Å². The first-order valence-electron chi connectivity index (χ1n) is 10.1. The summed E-state index contributed by atoms with van der Waals surface area (Å²) in [6, 6.07) is 6.62. The fraction of sp³-hybridized carbons (Fsp3) is 0.261. The minimum Gasteiger partial charge on any atom is -0.612 e. The summed E-state index contributed by atoms with van der Waals surface area (Å²) in [5.41, 5.74) is 2.22. The summed E-state index contributed by atoms with van der Waals surface area (Å²) in [5.74, 6) is -1.93. The van der Waals surface area contributed by atoms with E-state index in [1.807, 2.05) is 41.4 Å². The van der Waals surface area contributed by atoms with E-state index < -0.39 is 22.8 Å². The lowest BCUT2D eigenvalue weighted by Crippen LogP contribution is -2.41. The van der Waals surface area contributed by atoms with E-state index in [1.165, 1.54) is 29.2 Å². The average molecular weight is 418 g/mol. The van der Waals surface area contributed by atoms with Crippen molar-refractivity contribution < 1.29 is 19.6 Å². The number of aliphatic hydroxyl groups excluding tert-OH is 1. The Bertz CT molecular complexity index is 1120. The molecule has 0 unspecified atom stereocenters. The minimum absolute atomic E-state index is 0.0736. The zero-order valence-corrected chi connectivity index (χ0v) is 16.7. The van der Waals surface area contributed by atoms with Gasteiger partial charge in [0.2, 0.25) is 17.5 Å². The quantitative estimate of drug-likeness (QED) is 0.342. The van der Waals surface area contributed by atoms with Crippen LogP contribution < -0.4 is 0 Å². The molecule has 8 nitrogen and oxygen atoms in total. The summed E-state index contributed by atoms with van der Waals surface area (Å²) in [6.45, 7) is 2.04. The van der Waals surface area contributed by atoms with Crippen LogP contribution in [0.15, 0.2) is 66.1 Å². The third-order valence-electron chi connectivity index (χ3n) is 6.52. The van der Waals surface area contributed by atoms with Crippen LogP contribution >= 0.6 is 0 Å². The fourth-order valence-corrected chi connectivity index (χ4v) is 5.17. The first-order valence-corrected chi connectivity index (χ1v) is 10.1. The van der Waals surface area contributed by atoms with E-state index in [1.54, 1.807) is 6.92 Å². The van der Waals surface area contributed by atoms with Gasteiger partial charge in [-0.25, -0.2) is 0 Å². The molecule has 0 saturated carbocycles. The van der Waals surface area contributed by atoms with Gasteiger partial charge in [0.05, 0.1) is 23.9 Å². The number of benzene rings is 1. The number of hydrogen-bond acceptors (Lipinski definition) is 6. The number of amides is 2. The van der Waals surface area contributed by atoms with Gasteiger partial charge in [-0.05, 0) is 36.3 Å². The highest BCUT2D eigenvalue weighted by atomic mass is 16.8. The van der Waals surface area contributed by atoms with Crippen molar-refractivity contribution in [3.8, 4) is 0 Å². The number of likely N-dealkylation sites (tertiary alicyclic amines) is 1. The number of imide groups is 1. The third kappa shape index (κ3) is 2.64. The van der Waals surface area contributed by atoms with Crippen LogP contribution in [-0.2, 0) is 9.59 Å². The van der Waals surface area contributed by atoms with Crippen LogP contribution in [0.2, 0.25) is 0 Å². The fourth-order valence-electron chi connectivity index (χ4n) is 5.17. The Labute approximate surface area is 178 Å². The number of carbonyl (C=O) groups is 2. The third-order valence-corrected chi connectivity index (χ3v) is 6.52. The molecule has 4 aliphatic rings. The van der Waals surface area contributed by atoms with Gasteiger partial charge < -0.3 is 20.4 Å². The first kappa shape index (κ1) is 19.2. The predicted molar refractivity (Wildman–Crippen MR) is 113 cm³/mol. The van der Waals surface area contributed by atoms with E-state index in [0.29, 0.717) is 5.57 Å². The van der Waals surface area contributed by atoms with Gasteiger partial charge in [-0.1, -0.05) is 24.3 Å². The number of rotatable bonds is 2. The maximum Gasteiger partial charge on any atom is 0.235 e. The van der Waals surface area contributed by atoms with Crippen LogP contribution in [-0.4, -0.2) is 49.9 Å². The molecule has 2 amide bonds. The lowest BCUT2D eigenvalue weighted by Gasteiger charge is -2.35. The molecule has 1 aromatic rings. The van der Waals surface area contributed by atoms with Gasteiger partial charge in [0, 0.05) is 30.5 Å². The van der Waals surface area contributed by atoms with Gasteiger partial charge in [-0.15, -0.1) is 0 Å². The molecule has 3 heterocycles. The number of nitrogens with zero attached hydrogens (tertiary/aromatic N) is 3. The number of aliphatic hydroxyl groups is 1. The van der Waals surface area contributed by atoms with Crippen LogP contribution in [0.4, 0.5) is 0 Å². The number of allylic oxidation sites excluding steroid dienone is 5. The van der Waals surface area contributed by atoms with Crippen molar-refractivity contribution in [3.63, 3.8) is 0 Å². The zero-order valence-electron chi connectivity index (χ0n) is 16.7. The Balaban J connectivity index is 1.65. The van der Waals surface area contributed by atoms with Crippen molar-refractivity contribution in [1.29, 1.82) is 0 Å². The van der Waals surface area contributed by atoms with E-state index in [0.717, 1.165) is 11.1 Å². The largest absolute Gasteiger partial charge is 0.612 e. The standard InChI is InChI=1S/C23H20N3O5/c1-2-24-22(28)17-18(23(24)29)20(21(27)14-7-9-15(10-8-14)26(30)31)25-12-11-13-5-3-4-6-16(13)19(17)25/h3-12,17-20H,2H2,1H3,(H-,27,30,31)/q-1/t17-,18-,19-,20-/m0/s1. The van der Waals surface area contributed by atoms with Gasteiger partial charge in [-0.3, -0.25) is 14.5 Å². The smallest absolute Gasteiger partial charge is 0.235 e. The molecule has 8 heteroatoms. The molecule has 2 saturated heterocycles. The Kier molecular flexibility index (Phi) is 4.25. The van der Waals surface area contributed by atoms with Gasteiger partial charge in [-0.2, -0.15) is 4.90 Å². The summed E-state index contributed by atoms with van der Waals surface area (Å²) < 4.78 is 0. The molecule has 1 N–H and O–H groups in total. The highest BCUT2D eigenvalue weighted by Gasteiger charge is 2.63. The maximum absolute atomic E-state index is 13.2. The summed E-state index contributed by atoms with van der Waals surface area (Å²) >= 11 is 0. The molecule has 1 aliphatic carbocycles. The van der Waals surface area contributed by atoms with Crippen molar-refractivity contribution in [2.45, 2.75) is 19.0 Å². The normalized spacial score (nSPS) is 28.2. The second kappa shape index (κ2) is 6.87. The van der Waals surface area contributed by atoms with Crippen LogP contribution in [0.25, 0.3) is 6.08 Å². The second-order valence-corrected chi connectivity index (χ2v) is 7.94. The van der Waals surface area contributed by atoms with E-state index in [-0.39, 0.29) is 35.9 Å². The number of hydrogen-bond donors (Lipinski definition) is 1. The molecule has 0 bridgehead atoms. The molecule has 31 heavy (non-hydrogen) atoms. The Morgan fingerprint density at radius 2 is 1.71 bits per heavy atom. The average Bonchev–Trinajstić information content (AvgIpc) is 3.25. The lowest BCUT2D eigenvalue weighted by molar-refractivity contribution is -0.377. The second-order valence-electron chi connectivity index (χ2n) is 7.94. The van der Waals surface area contributed by atoms with Crippen molar-refractivity contribution >= 4 is 23.6 Å². The molecule has 1 aromatic carbocycles. The van der Waals surface area contributed by atoms with E-state index in [2.05, 4.69) is 0 Å². The molecule has 5 rings (SSSR count). The predicted octanol–water partition coefficient (Wildman–Crippen LogP) is 2.40. The molecule has 0 radical (unpaired) electrons. The molecule has 2 fully saturated rings. The van der Waals surface area contributed by atoms with Crippen molar-refractivity contribution in [3.05, 3.63) is 87.6 Å². The van der Waals surface area contributed by atoms with E-state index in [4.69, 9.17) is 0 Å². The Morgan fingerprint density at radius 1 is 1.03 bits per heavy atom. The van der Waals surface area contributed by atoms with Gasteiger partial charge in [0.1, 0.15) is 5.76 Å².